The molecule has 0 radical (unpaired) electrons. The number of nitrogens with zero attached hydrogens (tertiary/aromatic N) is 3. The van der Waals surface area contributed by atoms with Crippen LogP contribution in [-0.4, -0.2) is 26.3 Å². The second kappa shape index (κ2) is 7.01. The number of carbonyl (C=O) groups is 1. The maximum atomic E-state index is 12.3. The molecule has 3 aromatic rings. The molecular formula is C19H19N3OS. The molecule has 0 saturated carbocycles. The van der Waals surface area contributed by atoms with Gasteiger partial charge in [-0.2, -0.15) is 0 Å². The van der Waals surface area contributed by atoms with E-state index < -0.39 is 0 Å². The molecule has 1 aromatic heterocycles. The number of ketones is 1. The molecule has 0 amide bonds. The van der Waals surface area contributed by atoms with Crippen LogP contribution in [0.1, 0.15) is 21.5 Å². The molecular weight excluding hydrogens is 318 g/mol. The first-order chi connectivity index (χ1) is 11.5. The van der Waals surface area contributed by atoms with E-state index in [0.29, 0.717) is 5.75 Å². The van der Waals surface area contributed by atoms with Crippen molar-refractivity contribution in [2.24, 2.45) is 7.05 Å². The Labute approximate surface area is 145 Å². The summed E-state index contributed by atoms with van der Waals surface area (Å²) < 4.78 is 1.93. The van der Waals surface area contributed by atoms with Gasteiger partial charge in [-0.15, -0.1) is 10.2 Å². The molecule has 5 heteroatoms. The molecule has 0 spiro atoms. The number of aryl methyl sites for hydroxylation is 2. The van der Waals surface area contributed by atoms with Crippen LogP contribution in [-0.2, 0) is 7.05 Å². The molecule has 0 unspecified atom stereocenters. The van der Waals surface area contributed by atoms with Gasteiger partial charge in [-0.3, -0.25) is 4.79 Å². The molecule has 0 aliphatic heterocycles. The molecule has 1 heterocycles. The van der Waals surface area contributed by atoms with Gasteiger partial charge in [0.2, 0.25) is 0 Å². The minimum atomic E-state index is 0.0971. The average molecular weight is 337 g/mol. The van der Waals surface area contributed by atoms with Crippen LogP contribution < -0.4 is 0 Å². The highest BCUT2D eigenvalue weighted by Gasteiger charge is 2.13. The van der Waals surface area contributed by atoms with E-state index in [1.807, 2.05) is 54.9 Å². The van der Waals surface area contributed by atoms with E-state index in [4.69, 9.17) is 0 Å². The molecule has 0 aliphatic carbocycles. The third-order valence-corrected chi connectivity index (χ3v) is 4.87. The average Bonchev–Trinajstić information content (AvgIpc) is 2.95. The van der Waals surface area contributed by atoms with Gasteiger partial charge in [0.1, 0.15) is 0 Å². The fraction of sp³-hybridized carbons (Fsp3) is 0.211. The topological polar surface area (TPSA) is 47.8 Å². The van der Waals surface area contributed by atoms with E-state index >= 15 is 0 Å². The summed E-state index contributed by atoms with van der Waals surface area (Å²) in [5, 5.41) is 9.22. The maximum absolute atomic E-state index is 12.3. The van der Waals surface area contributed by atoms with Crippen LogP contribution >= 0.6 is 11.8 Å². The molecule has 0 saturated heterocycles. The lowest BCUT2D eigenvalue weighted by atomic mass is 10.1. The van der Waals surface area contributed by atoms with Gasteiger partial charge in [-0.1, -0.05) is 71.4 Å². The van der Waals surface area contributed by atoms with Gasteiger partial charge < -0.3 is 4.57 Å². The Kier molecular flexibility index (Phi) is 4.81. The Bertz CT molecular complexity index is 851. The second-order valence-electron chi connectivity index (χ2n) is 5.81. The summed E-state index contributed by atoms with van der Waals surface area (Å²) in [5.41, 5.74) is 4.11. The van der Waals surface area contributed by atoms with Gasteiger partial charge in [0.05, 0.1) is 5.75 Å². The third-order valence-electron chi connectivity index (χ3n) is 3.85. The zero-order valence-corrected chi connectivity index (χ0v) is 14.8. The fourth-order valence-corrected chi connectivity index (χ4v) is 3.15. The second-order valence-corrected chi connectivity index (χ2v) is 6.75. The van der Waals surface area contributed by atoms with Crippen LogP contribution in [0, 0.1) is 13.8 Å². The molecule has 0 aliphatic rings. The van der Waals surface area contributed by atoms with Crippen LogP contribution in [0.15, 0.2) is 53.7 Å². The van der Waals surface area contributed by atoms with Crippen molar-refractivity contribution < 1.29 is 4.79 Å². The molecule has 0 N–H and O–H groups in total. The third kappa shape index (κ3) is 3.57. The zero-order chi connectivity index (χ0) is 17.1. The van der Waals surface area contributed by atoms with E-state index in [2.05, 4.69) is 29.3 Å². The minimum Gasteiger partial charge on any atom is -0.305 e. The van der Waals surface area contributed by atoms with Crippen molar-refractivity contribution >= 4 is 17.5 Å². The predicted molar refractivity (Wildman–Crippen MR) is 97.4 cm³/mol. The monoisotopic (exact) mass is 337 g/mol. The molecule has 0 atom stereocenters. The number of carbonyl (C=O) groups excluding carboxylic acids is 1. The Morgan fingerprint density at radius 1 is 0.958 bits per heavy atom. The number of benzene rings is 2. The number of Topliss-reactive ketones (excluding diaryl/α,β-unsaturated/α-hetero) is 1. The standard InChI is InChI=1S/C19H19N3OS/c1-13-4-8-15(9-5-13)17(23)12-24-19-21-20-18(22(19)3)16-10-6-14(2)7-11-16/h4-11H,12H2,1-3H3. The minimum absolute atomic E-state index is 0.0971. The summed E-state index contributed by atoms with van der Waals surface area (Å²) in [5.74, 6) is 1.25. The first kappa shape index (κ1) is 16.5. The lowest BCUT2D eigenvalue weighted by molar-refractivity contribution is 0.102. The Balaban J connectivity index is 1.71. The van der Waals surface area contributed by atoms with Crippen LogP contribution in [0.3, 0.4) is 0 Å². The molecule has 3 rings (SSSR count). The van der Waals surface area contributed by atoms with Crippen LogP contribution in [0.4, 0.5) is 0 Å². The summed E-state index contributed by atoms with van der Waals surface area (Å²) in [7, 11) is 1.92. The van der Waals surface area contributed by atoms with Crippen molar-refractivity contribution in [3.63, 3.8) is 0 Å². The molecule has 0 fully saturated rings. The maximum Gasteiger partial charge on any atom is 0.191 e. The van der Waals surface area contributed by atoms with Crippen molar-refractivity contribution in [2.75, 3.05) is 5.75 Å². The van der Waals surface area contributed by atoms with Crippen molar-refractivity contribution in [2.45, 2.75) is 19.0 Å². The Morgan fingerprint density at radius 3 is 2.17 bits per heavy atom. The summed E-state index contributed by atoms with van der Waals surface area (Å²) in [4.78, 5) is 12.3. The van der Waals surface area contributed by atoms with Gasteiger partial charge >= 0.3 is 0 Å². The largest absolute Gasteiger partial charge is 0.305 e. The molecule has 2 aromatic carbocycles. The summed E-state index contributed by atoms with van der Waals surface area (Å²) in [6.07, 6.45) is 0. The van der Waals surface area contributed by atoms with E-state index in [9.17, 15) is 4.79 Å². The van der Waals surface area contributed by atoms with Crippen molar-refractivity contribution in [1.82, 2.24) is 14.8 Å². The number of rotatable bonds is 5. The van der Waals surface area contributed by atoms with Gasteiger partial charge in [0, 0.05) is 18.2 Å². The highest BCUT2D eigenvalue weighted by molar-refractivity contribution is 7.99. The van der Waals surface area contributed by atoms with E-state index in [-0.39, 0.29) is 5.78 Å². The number of thioether (sulfide) groups is 1. The molecule has 4 nitrogen and oxygen atoms in total. The van der Waals surface area contributed by atoms with E-state index in [1.54, 1.807) is 0 Å². The zero-order valence-electron chi connectivity index (χ0n) is 14.0. The fourth-order valence-electron chi connectivity index (χ4n) is 2.35. The lowest BCUT2D eigenvalue weighted by Gasteiger charge is -2.04. The quantitative estimate of drug-likeness (QED) is 0.520. The number of hydrogen-bond acceptors (Lipinski definition) is 4. The number of aromatic nitrogens is 3. The summed E-state index contributed by atoms with van der Waals surface area (Å²) in [6, 6.07) is 15.8. The summed E-state index contributed by atoms with van der Waals surface area (Å²) in [6.45, 7) is 4.06. The Morgan fingerprint density at radius 2 is 1.54 bits per heavy atom. The molecule has 122 valence electrons. The molecule has 0 bridgehead atoms. The summed E-state index contributed by atoms with van der Waals surface area (Å²) >= 11 is 1.41. The van der Waals surface area contributed by atoms with Crippen LogP contribution in [0.2, 0.25) is 0 Å². The van der Waals surface area contributed by atoms with Crippen molar-refractivity contribution in [3.05, 3.63) is 65.2 Å². The van der Waals surface area contributed by atoms with E-state index in [1.165, 1.54) is 17.3 Å². The van der Waals surface area contributed by atoms with Gasteiger partial charge in [0.25, 0.3) is 0 Å². The van der Waals surface area contributed by atoms with Gasteiger partial charge in [-0.25, -0.2) is 0 Å². The highest BCUT2D eigenvalue weighted by atomic mass is 32.2. The predicted octanol–water partition coefficient (Wildman–Crippen LogP) is 4.07. The van der Waals surface area contributed by atoms with Crippen LogP contribution in [0.5, 0.6) is 0 Å². The van der Waals surface area contributed by atoms with Crippen molar-refractivity contribution in [3.8, 4) is 11.4 Å². The van der Waals surface area contributed by atoms with E-state index in [0.717, 1.165) is 27.7 Å². The normalized spacial score (nSPS) is 10.8. The lowest BCUT2D eigenvalue weighted by Crippen LogP contribution is -2.04. The smallest absolute Gasteiger partial charge is 0.191 e. The highest BCUT2D eigenvalue weighted by Crippen LogP contribution is 2.23. The Hall–Kier alpha value is -2.40. The molecule has 24 heavy (non-hydrogen) atoms. The van der Waals surface area contributed by atoms with Gasteiger partial charge in [0.15, 0.2) is 16.8 Å². The van der Waals surface area contributed by atoms with Crippen LogP contribution in [0.25, 0.3) is 11.4 Å². The number of hydrogen-bond donors (Lipinski definition) is 0. The van der Waals surface area contributed by atoms with Gasteiger partial charge in [-0.05, 0) is 13.8 Å². The SMILES string of the molecule is Cc1ccc(C(=O)CSc2nnc(-c3ccc(C)cc3)n2C)cc1. The van der Waals surface area contributed by atoms with Crippen molar-refractivity contribution in [1.29, 1.82) is 0 Å². The first-order valence-electron chi connectivity index (χ1n) is 7.73. The first-order valence-corrected chi connectivity index (χ1v) is 8.72.